The van der Waals surface area contributed by atoms with E-state index in [9.17, 15) is 5.26 Å². The van der Waals surface area contributed by atoms with Gasteiger partial charge in [0.1, 0.15) is 5.54 Å². The first kappa shape index (κ1) is 16.1. The van der Waals surface area contributed by atoms with Crippen molar-refractivity contribution in [2.45, 2.75) is 16.9 Å². The number of rotatable bonds is 6. The van der Waals surface area contributed by atoms with E-state index in [1.807, 2.05) is 49.5 Å². The average Bonchev–Trinajstić information content (AvgIpc) is 2.53. The summed E-state index contributed by atoms with van der Waals surface area (Å²) in [6.45, 7) is 0. The van der Waals surface area contributed by atoms with E-state index in [1.165, 1.54) is 4.90 Å². The Balaban J connectivity index is 2.06. The molecule has 0 amide bonds. The molecular weight excluding hydrogens is 344 g/mol. The van der Waals surface area contributed by atoms with Crippen LogP contribution in [-0.4, -0.2) is 12.8 Å². The third-order valence-corrected chi connectivity index (χ3v) is 4.91. The van der Waals surface area contributed by atoms with Gasteiger partial charge >= 0.3 is 0 Å². The van der Waals surface area contributed by atoms with E-state index in [4.69, 9.17) is 0 Å². The molecule has 0 heterocycles. The highest BCUT2D eigenvalue weighted by Gasteiger charge is 2.29. The topological polar surface area (TPSA) is 35.8 Å². The third kappa shape index (κ3) is 4.10. The molecule has 4 heteroatoms. The van der Waals surface area contributed by atoms with Gasteiger partial charge in [-0.25, -0.2) is 0 Å². The zero-order valence-electron chi connectivity index (χ0n) is 11.8. The second-order valence-corrected chi connectivity index (χ2v) is 6.77. The Morgan fingerprint density at radius 1 is 1.19 bits per heavy atom. The van der Waals surface area contributed by atoms with Crippen molar-refractivity contribution in [3.63, 3.8) is 0 Å². The molecular formula is C17H17BrN2S. The van der Waals surface area contributed by atoms with E-state index in [2.05, 4.69) is 39.4 Å². The summed E-state index contributed by atoms with van der Waals surface area (Å²) in [4.78, 5) is 1.21. The second-order valence-electron chi connectivity index (χ2n) is 4.69. The molecule has 0 saturated heterocycles. The van der Waals surface area contributed by atoms with E-state index in [0.717, 1.165) is 22.2 Å². The predicted molar refractivity (Wildman–Crippen MR) is 92.3 cm³/mol. The largest absolute Gasteiger partial charge is 0.299 e. The number of halogens is 1. The molecule has 0 bridgehead atoms. The van der Waals surface area contributed by atoms with Gasteiger partial charge in [-0.2, -0.15) is 5.26 Å². The summed E-state index contributed by atoms with van der Waals surface area (Å²) in [5.74, 6) is 0.875. The summed E-state index contributed by atoms with van der Waals surface area (Å²) >= 11 is 5.25. The van der Waals surface area contributed by atoms with Gasteiger partial charge in [-0.1, -0.05) is 52.3 Å². The van der Waals surface area contributed by atoms with E-state index in [0.29, 0.717) is 0 Å². The van der Waals surface area contributed by atoms with Crippen molar-refractivity contribution >= 4 is 27.7 Å². The van der Waals surface area contributed by atoms with Gasteiger partial charge in [0.15, 0.2) is 0 Å². The van der Waals surface area contributed by atoms with Crippen LogP contribution < -0.4 is 5.32 Å². The molecule has 0 radical (unpaired) electrons. The fourth-order valence-corrected chi connectivity index (χ4v) is 3.77. The lowest BCUT2D eigenvalue weighted by Gasteiger charge is -2.26. The fraction of sp³-hybridized carbons (Fsp3) is 0.235. The van der Waals surface area contributed by atoms with Crippen LogP contribution in [-0.2, 0) is 5.54 Å². The Bertz CT molecular complexity index is 624. The van der Waals surface area contributed by atoms with E-state index >= 15 is 0 Å². The molecule has 0 spiro atoms. The lowest BCUT2D eigenvalue weighted by Crippen LogP contribution is -2.39. The Morgan fingerprint density at radius 2 is 1.95 bits per heavy atom. The van der Waals surface area contributed by atoms with Crippen molar-refractivity contribution in [3.05, 3.63) is 64.6 Å². The molecule has 0 aliphatic carbocycles. The maximum atomic E-state index is 9.64. The van der Waals surface area contributed by atoms with Gasteiger partial charge in [-0.3, -0.25) is 5.32 Å². The monoisotopic (exact) mass is 360 g/mol. The number of hydrogen-bond donors (Lipinski definition) is 1. The highest BCUT2D eigenvalue weighted by atomic mass is 79.9. The van der Waals surface area contributed by atoms with E-state index in [1.54, 1.807) is 11.8 Å². The van der Waals surface area contributed by atoms with Gasteiger partial charge in [0.2, 0.25) is 0 Å². The molecule has 0 aliphatic heterocycles. The average molecular weight is 361 g/mol. The molecule has 21 heavy (non-hydrogen) atoms. The lowest BCUT2D eigenvalue weighted by atomic mass is 9.89. The quantitative estimate of drug-likeness (QED) is 0.766. The highest BCUT2D eigenvalue weighted by molar-refractivity contribution is 9.10. The smallest absolute Gasteiger partial charge is 0.132 e. The first-order chi connectivity index (χ1) is 10.2. The molecule has 1 N–H and O–H groups in total. The lowest BCUT2D eigenvalue weighted by molar-refractivity contribution is 0.457. The van der Waals surface area contributed by atoms with Crippen molar-refractivity contribution in [2.75, 3.05) is 12.8 Å². The Hall–Kier alpha value is -1.28. The SMILES string of the molecule is CNC(C#N)(CCSc1cccc(Br)c1)c1ccccc1. The second kappa shape index (κ2) is 7.65. The van der Waals surface area contributed by atoms with Gasteiger partial charge in [-0.15, -0.1) is 11.8 Å². The molecule has 0 aromatic heterocycles. The first-order valence-corrected chi connectivity index (χ1v) is 8.52. The fourth-order valence-electron chi connectivity index (χ4n) is 2.19. The summed E-state index contributed by atoms with van der Waals surface area (Å²) < 4.78 is 1.08. The maximum absolute atomic E-state index is 9.64. The van der Waals surface area contributed by atoms with Crippen molar-refractivity contribution < 1.29 is 0 Å². The van der Waals surface area contributed by atoms with Gasteiger partial charge in [0, 0.05) is 15.1 Å². The molecule has 2 aromatic carbocycles. The van der Waals surface area contributed by atoms with Gasteiger partial charge in [-0.05, 0) is 37.2 Å². The first-order valence-electron chi connectivity index (χ1n) is 6.74. The molecule has 1 unspecified atom stereocenters. The number of nitrogens with one attached hydrogen (secondary N) is 1. The summed E-state index contributed by atoms with van der Waals surface area (Å²) in [6, 6.07) is 20.6. The van der Waals surface area contributed by atoms with Crippen LogP contribution in [0.15, 0.2) is 64.0 Å². The standard InChI is InChI=1S/C17H17BrN2S/c1-20-17(13-19,14-6-3-2-4-7-14)10-11-21-16-9-5-8-15(18)12-16/h2-9,12,20H,10-11H2,1H3. The van der Waals surface area contributed by atoms with E-state index in [-0.39, 0.29) is 0 Å². The minimum atomic E-state index is -0.625. The predicted octanol–water partition coefficient (Wildman–Crippen LogP) is 4.57. The molecule has 2 aromatic rings. The Labute approximate surface area is 138 Å². The number of nitrogens with zero attached hydrogens (tertiary/aromatic N) is 1. The van der Waals surface area contributed by atoms with Crippen LogP contribution in [0.25, 0.3) is 0 Å². The molecule has 0 saturated carbocycles. The van der Waals surface area contributed by atoms with Crippen LogP contribution in [0.1, 0.15) is 12.0 Å². The van der Waals surface area contributed by atoms with Gasteiger partial charge < -0.3 is 0 Å². The number of thioether (sulfide) groups is 1. The van der Waals surface area contributed by atoms with Crippen LogP contribution in [0.2, 0.25) is 0 Å². The van der Waals surface area contributed by atoms with Crippen LogP contribution in [0.3, 0.4) is 0 Å². The summed E-state index contributed by atoms with van der Waals surface area (Å²) in [5, 5.41) is 12.8. The summed E-state index contributed by atoms with van der Waals surface area (Å²) in [5.41, 5.74) is 0.394. The molecule has 2 nitrogen and oxygen atoms in total. The third-order valence-electron chi connectivity index (χ3n) is 3.43. The Morgan fingerprint density at radius 3 is 2.57 bits per heavy atom. The van der Waals surface area contributed by atoms with Crippen molar-refractivity contribution in [3.8, 4) is 6.07 Å². The minimum absolute atomic E-state index is 0.625. The molecule has 0 fully saturated rings. The highest BCUT2D eigenvalue weighted by Crippen LogP contribution is 2.29. The van der Waals surface area contributed by atoms with Crippen molar-refractivity contribution in [1.29, 1.82) is 5.26 Å². The van der Waals surface area contributed by atoms with Gasteiger partial charge in [0.25, 0.3) is 0 Å². The number of benzene rings is 2. The minimum Gasteiger partial charge on any atom is -0.299 e. The van der Waals surface area contributed by atoms with Crippen LogP contribution in [0, 0.1) is 11.3 Å². The van der Waals surface area contributed by atoms with Gasteiger partial charge in [0.05, 0.1) is 6.07 Å². The molecule has 0 aliphatic rings. The summed E-state index contributed by atoms with van der Waals surface area (Å²) in [6.07, 6.45) is 0.751. The van der Waals surface area contributed by atoms with Crippen LogP contribution in [0.4, 0.5) is 0 Å². The number of nitriles is 1. The van der Waals surface area contributed by atoms with Crippen molar-refractivity contribution in [1.82, 2.24) is 5.32 Å². The maximum Gasteiger partial charge on any atom is 0.132 e. The molecule has 1 atom stereocenters. The molecule has 108 valence electrons. The normalized spacial score (nSPS) is 13.4. The molecule has 2 rings (SSSR count). The van der Waals surface area contributed by atoms with Crippen LogP contribution >= 0.6 is 27.7 Å². The van der Waals surface area contributed by atoms with Crippen LogP contribution in [0.5, 0.6) is 0 Å². The Kier molecular flexibility index (Phi) is 5.86. The zero-order valence-corrected chi connectivity index (χ0v) is 14.2. The summed E-state index contributed by atoms with van der Waals surface area (Å²) in [7, 11) is 1.85. The van der Waals surface area contributed by atoms with Crippen molar-refractivity contribution in [2.24, 2.45) is 0 Å². The van der Waals surface area contributed by atoms with E-state index < -0.39 is 5.54 Å². The number of hydrogen-bond acceptors (Lipinski definition) is 3. The zero-order chi connectivity index (χ0) is 15.1.